The molecule has 12 aromatic rings. The minimum atomic E-state index is -5.30. The molecule has 0 spiro atoms. The minimum absolute atomic E-state index is 0.224. The number of para-hydroxylation sites is 2. The topological polar surface area (TPSA) is 9.86 Å². The molecule has 12 heteroatoms. The van der Waals surface area contributed by atoms with Crippen LogP contribution in [0.15, 0.2) is 133 Å². The van der Waals surface area contributed by atoms with E-state index in [9.17, 15) is 4.39 Å². The van der Waals surface area contributed by atoms with E-state index in [1.807, 2.05) is 66.7 Å². The van der Waals surface area contributed by atoms with Crippen LogP contribution >= 0.6 is 22.7 Å². The number of halogens is 8. The van der Waals surface area contributed by atoms with Crippen LogP contribution in [0.4, 0.5) is 35.1 Å². The molecule has 0 atom stereocenters. The van der Waals surface area contributed by atoms with E-state index in [1.54, 1.807) is 54.6 Å². The number of hydrogen-bond acceptors (Lipinski definition) is 2. The van der Waals surface area contributed by atoms with Gasteiger partial charge in [-0.25, -0.2) is 22.0 Å². The van der Waals surface area contributed by atoms with Crippen molar-refractivity contribution in [3.63, 3.8) is 0 Å². The summed E-state index contributed by atoms with van der Waals surface area (Å²) in [6.45, 7) is 0. The Bertz CT molecular complexity index is 3860. The summed E-state index contributed by atoms with van der Waals surface area (Å²) in [5.41, 5.74) is -3.49. The molecule has 0 saturated heterocycles. The zero-order chi connectivity index (χ0) is 41.6. The van der Waals surface area contributed by atoms with E-state index in [2.05, 4.69) is 0 Å². The highest BCUT2D eigenvalue weighted by Crippen LogP contribution is 2.52. The molecule has 0 bridgehead atoms. The largest absolute Gasteiger partial charge is 0.420 e. The Morgan fingerprint density at radius 3 is 1.36 bits per heavy atom. The monoisotopic (exact) mass is 854 g/mol. The van der Waals surface area contributed by atoms with Gasteiger partial charge in [0.1, 0.15) is 5.56 Å². The molecule has 0 aliphatic heterocycles. The van der Waals surface area contributed by atoms with Crippen LogP contribution in [0.2, 0.25) is 0 Å². The van der Waals surface area contributed by atoms with E-state index < -0.39 is 63.3 Å². The quantitative estimate of drug-likeness (QED) is 0.0952. The number of benzene rings is 8. The predicted molar refractivity (Wildman–Crippen MR) is 231 cm³/mol. The Balaban J connectivity index is 1.37. The van der Waals surface area contributed by atoms with Crippen LogP contribution in [0.1, 0.15) is 5.56 Å². The van der Waals surface area contributed by atoms with Crippen molar-refractivity contribution in [2.24, 2.45) is 0 Å². The molecule has 0 radical (unpaired) electrons. The van der Waals surface area contributed by atoms with Crippen molar-refractivity contribution in [1.82, 2.24) is 9.13 Å². The summed E-state index contributed by atoms with van der Waals surface area (Å²) >= 11 is 2.91. The Labute approximate surface area is 346 Å². The van der Waals surface area contributed by atoms with Gasteiger partial charge in [0.05, 0.1) is 39.0 Å². The first-order valence-corrected chi connectivity index (χ1v) is 20.6. The smallest absolute Gasteiger partial charge is 0.308 e. The second-order valence-corrected chi connectivity index (χ2v) is 17.0. The third-order valence-electron chi connectivity index (χ3n) is 11.7. The number of nitrogens with zero attached hydrogens (tertiary/aromatic N) is 2. The van der Waals surface area contributed by atoms with Crippen molar-refractivity contribution >= 4 is 107 Å². The summed E-state index contributed by atoms with van der Waals surface area (Å²) in [6, 6.07) is 38.2. The maximum Gasteiger partial charge on any atom is 0.420 e. The molecular formula is C49H22F8N2S2. The number of fused-ring (bicyclic) bond motifs is 14. The van der Waals surface area contributed by atoms with Gasteiger partial charge in [-0.2, -0.15) is 13.2 Å². The van der Waals surface area contributed by atoms with Crippen molar-refractivity contribution in [3.8, 4) is 22.5 Å². The Kier molecular flexibility index (Phi) is 7.48. The van der Waals surface area contributed by atoms with Crippen LogP contribution in [0.3, 0.4) is 0 Å². The van der Waals surface area contributed by atoms with E-state index in [0.717, 1.165) is 36.3 Å². The van der Waals surface area contributed by atoms with Crippen LogP contribution in [0.25, 0.3) is 106 Å². The summed E-state index contributed by atoms with van der Waals surface area (Å²) in [5.74, 6) is -11.5. The van der Waals surface area contributed by atoms with Crippen LogP contribution < -0.4 is 0 Å². The summed E-state index contributed by atoms with van der Waals surface area (Å²) in [4.78, 5) is 0. The third-order valence-corrected chi connectivity index (χ3v) is 14.0. The lowest BCUT2D eigenvalue weighted by Gasteiger charge is -2.25. The molecule has 4 heterocycles. The van der Waals surface area contributed by atoms with Gasteiger partial charge in [-0.3, -0.25) is 0 Å². The average Bonchev–Trinajstić information content (AvgIpc) is 4.02. The molecule has 0 aliphatic rings. The van der Waals surface area contributed by atoms with Crippen molar-refractivity contribution in [2.45, 2.75) is 6.18 Å². The lowest BCUT2D eigenvalue weighted by Crippen LogP contribution is -2.17. The van der Waals surface area contributed by atoms with Crippen LogP contribution in [0.5, 0.6) is 0 Å². The third kappa shape index (κ3) is 4.82. The zero-order valence-electron chi connectivity index (χ0n) is 30.9. The summed E-state index contributed by atoms with van der Waals surface area (Å²) in [6.07, 6.45) is -5.30. The first-order chi connectivity index (χ1) is 29.5. The number of rotatable bonds is 3. The van der Waals surface area contributed by atoms with E-state index >= 15 is 30.7 Å². The molecule has 2 nitrogen and oxygen atoms in total. The molecule has 0 amide bonds. The average molecular weight is 855 g/mol. The van der Waals surface area contributed by atoms with Crippen molar-refractivity contribution in [2.75, 3.05) is 0 Å². The number of hydrogen-bond donors (Lipinski definition) is 0. The van der Waals surface area contributed by atoms with E-state index in [4.69, 9.17) is 0 Å². The summed E-state index contributed by atoms with van der Waals surface area (Å²) in [7, 11) is 0. The fourth-order valence-electron chi connectivity index (χ4n) is 9.33. The number of thiophene rings is 2. The van der Waals surface area contributed by atoms with Crippen molar-refractivity contribution < 1.29 is 35.1 Å². The van der Waals surface area contributed by atoms with Gasteiger partial charge in [0.2, 0.25) is 5.82 Å². The van der Waals surface area contributed by atoms with Crippen LogP contribution in [-0.4, -0.2) is 9.13 Å². The maximum absolute atomic E-state index is 16.8. The van der Waals surface area contributed by atoms with Gasteiger partial charge < -0.3 is 9.13 Å². The first kappa shape index (κ1) is 36.1. The summed E-state index contributed by atoms with van der Waals surface area (Å²) < 4.78 is 134. The zero-order valence-corrected chi connectivity index (χ0v) is 32.6. The van der Waals surface area contributed by atoms with E-state index in [1.165, 1.54) is 31.8 Å². The Morgan fingerprint density at radius 1 is 0.393 bits per heavy atom. The molecule has 4 aromatic heterocycles. The number of aromatic nitrogens is 2. The summed E-state index contributed by atoms with van der Waals surface area (Å²) in [5, 5.41) is 5.16. The van der Waals surface area contributed by atoms with Gasteiger partial charge in [-0.05, 0) is 48.5 Å². The first-order valence-electron chi connectivity index (χ1n) is 19.0. The molecule has 8 aromatic carbocycles. The maximum atomic E-state index is 16.8. The lowest BCUT2D eigenvalue weighted by molar-refractivity contribution is -0.137. The van der Waals surface area contributed by atoms with Gasteiger partial charge in [0.25, 0.3) is 0 Å². The van der Waals surface area contributed by atoms with Gasteiger partial charge >= 0.3 is 6.18 Å². The molecule has 12 rings (SSSR count). The highest BCUT2D eigenvalue weighted by molar-refractivity contribution is 7.26. The molecule has 0 N–H and O–H groups in total. The second kappa shape index (κ2) is 12.6. The molecule has 0 unspecified atom stereocenters. The van der Waals surface area contributed by atoms with E-state index in [-0.39, 0.29) is 11.0 Å². The molecule has 0 fully saturated rings. The van der Waals surface area contributed by atoms with Crippen molar-refractivity contribution in [3.05, 3.63) is 168 Å². The highest BCUT2D eigenvalue weighted by Gasteiger charge is 2.42. The van der Waals surface area contributed by atoms with Crippen molar-refractivity contribution in [1.29, 1.82) is 0 Å². The van der Waals surface area contributed by atoms with Crippen LogP contribution in [0, 0.1) is 29.1 Å². The SMILES string of the molecule is Fc1c(F)c(F)c(-c2ccc(-n3c4ccccc4c4ccc5sc6ccccc6c5c43)c(C(F)(F)F)c2-n2c3ccccc3c3ccc4sc5ccccc5c4c32)c(F)c1F. The lowest BCUT2D eigenvalue weighted by atomic mass is 9.95. The number of alkyl halides is 3. The standard InChI is InChI=1S/C49H22F8N2S2/c50-41-39(42(51)44(53)45(54)43(41)52)29-17-20-32(58-30-13-5-1-9-23(30)25-18-21-35-37(46(25)58)27-11-3-7-15-33(27)60-35)40(49(55,56)57)48(29)59-31-14-6-2-10-24(31)26-19-22-36-38(47(26)59)28-12-4-8-16-34(28)61-36/h1-22H. The highest BCUT2D eigenvalue weighted by atomic mass is 32.1. The fourth-order valence-corrected chi connectivity index (χ4v) is 11.6. The van der Waals surface area contributed by atoms with Crippen LogP contribution in [-0.2, 0) is 6.18 Å². The molecule has 0 saturated carbocycles. The molecule has 61 heavy (non-hydrogen) atoms. The molecular weight excluding hydrogens is 833 g/mol. The Morgan fingerprint density at radius 2 is 0.836 bits per heavy atom. The Hall–Kier alpha value is -6.76. The van der Waals surface area contributed by atoms with Gasteiger partial charge in [0.15, 0.2) is 23.3 Å². The van der Waals surface area contributed by atoms with Gasteiger partial charge in [-0.15, -0.1) is 22.7 Å². The second-order valence-electron chi connectivity index (χ2n) is 14.9. The van der Waals surface area contributed by atoms with Gasteiger partial charge in [-0.1, -0.05) is 84.9 Å². The fraction of sp³-hybridized carbons (Fsp3) is 0.0204. The predicted octanol–water partition coefficient (Wildman–Crippen LogP) is 16.0. The van der Waals surface area contributed by atoms with E-state index in [0.29, 0.717) is 48.7 Å². The molecule has 296 valence electrons. The normalized spacial score (nSPS) is 12.6. The molecule has 0 aliphatic carbocycles. The minimum Gasteiger partial charge on any atom is -0.308 e. The van der Waals surface area contributed by atoms with Gasteiger partial charge in [0, 0.05) is 67.5 Å².